The fourth-order valence-corrected chi connectivity index (χ4v) is 4.13. The lowest BCUT2D eigenvalue weighted by atomic mass is 10.1. The molecule has 8 heteroatoms. The average molecular weight is 470 g/mol. The van der Waals surface area contributed by atoms with E-state index in [2.05, 4.69) is 24.1 Å². The van der Waals surface area contributed by atoms with Gasteiger partial charge in [-0.3, -0.25) is 14.2 Å². The molecule has 33 heavy (non-hydrogen) atoms. The van der Waals surface area contributed by atoms with E-state index in [1.807, 2.05) is 38.1 Å². The molecule has 0 aliphatic heterocycles. The number of carbonyl (C=O) groups is 1. The summed E-state index contributed by atoms with van der Waals surface area (Å²) >= 11 is 1.26. The minimum absolute atomic E-state index is 0.0767. The van der Waals surface area contributed by atoms with Crippen molar-refractivity contribution in [1.82, 2.24) is 9.55 Å². The van der Waals surface area contributed by atoms with Crippen molar-refractivity contribution >= 4 is 34.3 Å². The second-order valence-corrected chi connectivity index (χ2v) is 8.85. The second kappa shape index (κ2) is 11.7. The molecule has 0 unspecified atom stereocenters. The number of rotatable bonds is 11. The molecule has 7 nitrogen and oxygen atoms in total. The SMILES string of the molecule is CCOc1ccc(OCC)c(NC(=O)CSc2nc3ccccc3c(=O)n2CCC(C)C)c1. The molecule has 0 aliphatic rings. The Labute approximate surface area is 198 Å². The average Bonchev–Trinajstić information content (AvgIpc) is 2.79. The van der Waals surface area contributed by atoms with Gasteiger partial charge in [-0.25, -0.2) is 4.98 Å². The molecular weight excluding hydrogens is 438 g/mol. The van der Waals surface area contributed by atoms with Crippen molar-refractivity contribution < 1.29 is 14.3 Å². The van der Waals surface area contributed by atoms with E-state index in [4.69, 9.17) is 9.47 Å². The zero-order chi connectivity index (χ0) is 23.8. The Hall–Kier alpha value is -3.00. The normalized spacial score (nSPS) is 11.1. The monoisotopic (exact) mass is 469 g/mol. The van der Waals surface area contributed by atoms with Crippen LogP contribution in [0, 0.1) is 5.92 Å². The zero-order valence-corrected chi connectivity index (χ0v) is 20.4. The maximum absolute atomic E-state index is 13.1. The van der Waals surface area contributed by atoms with Crippen LogP contribution in [0.2, 0.25) is 0 Å². The summed E-state index contributed by atoms with van der Waals surface area (Å²) in [6.07, 6.45) is 0.849. The molecule has 0 fully saturated rings. The van der Waals surface area contributed by atoms with Gasteiger partial charge in [0.05, 0.1) is 35.6 Å². The number of anilines is 1. The highest BCUT2D eigenvalue weighted by Gasteiger charge is 2.15. The number of hydrogen-bond donors (Lipinski definition) is 1. The molecule has 1 amide bonds. The van der Waals surface area contributed by atoms with Gasteiger partial charge in [0.25, 0.3) is 5.56 Å². The first-order valence-corrected chi connectivity index (χ1v) is 12.2. The van der Waals surface area contributed by atoms with Crippen LogP contribution in [-0.4, -0.2) is 34.4 Å². The Morgan fingerprint density at radius 2 is 1.88 bits per heavy atom. The molecule has 0 bridgehead atoms. The minimum atomic E-state index is -0.215. The number of benzene rings is 2. The molecule has 0 saturated carbocycles. The standard InChI is InChI=1S/C25H31N3O4S/c1-5-31-18-11-12-22(32-6-2)21(15-18)26-23(29)16-33-25-27-20-10-8-7-9-19(20)24(30)28(25)14-13-17(3)4/h7-12,15,17H,5-6,13-14,16H2,1-4H3,(H,26,29). The molecule has 0 radical (unpaired) electrons. The van der Waals surface area contributed by atoms with Crippen LogP contribution in [-0.2, 0) is 11.3 Å². The molecule has 2 aromatic carbocycles. The van der Waals surface area contributed by atoms with Gasteiger partial charge in [-0.2, -0.15) is 0 Å². The predicted molar refractivity (Wildman–Crippen MR) is 134 cm³/mol. The quantitative estimate of drug-likeness (QED) is 0.315. The first-order valence-electron chi connectivity index (χ1n) is 11.2. The van der Waals surface area contributed by atoms with Gasteiger partial charge in [-0.1, -0.05) is 37.7 Å². The largest absolute Gasteiger partial charge is 0.494 e. The van der Waals surface area contributed by atoms with Crippen molar-refractivity contribution in [1.29, 1.82) is 0 Å². The van der Waals surface area contributed by atoms with Gasteiger partial charge in [-0.05, 0) is 50.5 Å². The minimum Gasteiger partial charge on any atom is -0.494 e. The summed E-state index contributed by atoms with van der Waals surface area (Å²) < 4.78 is 12.9. The van der Waals surface area contributed by atoms with Gasteiger partial charge in [0, 0.05) is 12.6 Å². The molecular formula is C25H31N3O4S. The Bertz CT molecular complexity index is 1160. The zero-order valence-electron chi connectivity index (χ0n) is 19.6. The Morgan fingerprint density at radius 1 is 1.12 bits per heavy atom. The van der Waals surface area contributed by atoms with Crippen molar-refractivity contribution in [2.45, 2.75) is 45.8 Å². The molecule has 0 spiro atoms. The van der Waals surface area contributed by atoms with Gasteiger partial charge in [0.2, 0.25) is 5.91 Å². The number of aromatic nitrogens is 2. The number of carbonyl (C=O) groups excluding carboxylic acids is 1. The first kappa shape index (κ1) is 24.6. The number of thioether (sulfide) groups is 1. The summed E-state index contributed by atoms with van der Waals surface area (Å²) in [5.41, 5.74) is 1.11. The fourth-order valence-electron chi connectivity index (χ4n) is 3.30. The number of nitrogens with zero attached hydrogens (tertiary/aromatic N) is 2. The van der Waals surface area contributed by atoms with Crippen LogP contribution in [0.5, 0.6) is 11.5 Å². The van der Waals surface area contributed by atoms with Crippen LogP contribution in [0.3, 0.4) is 0 Å². The number of para-hydroxylation sites is 1. The number of fused-ring (bicyclic) bond motifs is 1. The molecule has 1 aromatic heterocycles. The third-order valence-electron chi connectivity index (χ3n) is 4.92. The first-order chi connectivity index (χ1) is 15.9. The van der Waals surface area contributed by atoms with E-state index in [0.717, 1.165) is 6.42 Å². The lowest BCUT2D eigenvalue weighted by Gasteiger charge is -2.15. The van der Waals surface area contributed by atoms with Crippen molar-refractivity contribution in [3.05, 3.63) is 52.8 Å². The van der Waals surface area contributed by atoms with Gasteiger partial charge in [0.15, 0.2) is 5.16 Å². The van der Waals surface area contributed by atoms with E-state index in [0.29, 0.717) is 58.9 Å². The highest BCUT2D eigenvalue weighted by atomic mass is 32.2. The predicted octanol–water partition coefficient (Wildman–Crippen LogP) is 4.97. The van der Waals surface area contributed by atoms with E-state index in [1.165, 1.54) is 11.8 Å². The van der Waals surface area contributed by atoms with Crippen LogP contribution in [0.15, 0.2) is 52.4 Å². The lowest BCUT2D eigenvalue weighted by Crippen LogP contribution is -2.25. The third kappa shape index (κ3) is 6.51. The van der Waals surface area contributed by atoms with E-state index >= 15 is 0 Å². The number of nitrogens with one attached hydrogen (secondary N) is 1. The topological polar surface area (TPSA) is 82.5 Å². The highest BCUT2D eigenvalue weighted by molar-refractivity contribution is 7.99. The highest BCUT2D eigenvalue weighted by Crippen LogP contribution is 2.30. The van der Waals surface area contributed by atoms with Crippen molar-refractivity contribution in [2.75, 3.05) is 24.3 Å². The summed E-state index contributed by atoms with van der Waals surface area (Å²) in [5, 5.41) is 4.04. The van der Waals surface area contributed by atoms with Gasteiger partial charge >= 0.3 is 0 Å². The van der Waals surface area contributed by atoms with Crippen molar-refractivity contribution in [2.24, 2.45) is 5.92 Å². The number of ether oxygens (including phenoxy) is 2. The molecule has 3 aromatic rings. The Balaban J connectivity index is 1.81. The Morgan fingerprint density at radius 3 is 2.61 bits per heavy atom. The van der Waals surface area contributed by atoms with Crippen LogP contribution < -0.4 is 20.3 Å². The molecule has 0 atom stereocenters. The maximum atomic E-state index is 13.1. The summed E-state index contributed by atoms with van der Waals surface area (Å²) in [4.78, 5) is 30.6. The van der Waals surface area contributed by atoms with Gasteiger partial charge < -0.3 is 14.8 Å². The second-order valence-electron chi connectivity index (χ2n) is 7.91. The van der Waals surface area contributed by atoms with E-state index < -0.39 is 0 Å². The summed E-state index contributed by atoms with van der Waals surface area (Å²) in [5.74, 6) is 1.57. The van der Waals surface area contributed by atoms with Crippen LogP contribution in [0.25, 0.3) is 10.9 Å². The van der Waals surface area contributed by atoms with Crippen LogP contribution in [0.4, 0.5) is 5.69 Å². The van der Waals surface area contributed by atoms with Crippen LogP contribution >= 0.6 is 11.8 Å². The van der Waals surface area contributed by atoms with E-state index in [1.54, 1.807) is 22.8 Å². The summed E-state index contributed by atoms with van der Waals surface area (Å²) in [6, 6.07) is 12.7. The number of hydrogen-bond acceptors (Lipinski definition) is 6. The lowest BCUT2D eigenvalue weighted by molar-refractivity contribution is -0.113. The third-order valence-corrected chi connectivity index (χ3v) is 5.90. The molecule has 3 rings (SSSR count). The summed E-state index contributed by atoms with van der Waals surface area (Å²) in [7, 11) is 0. The molecule has 176 valence electrons. The molecule has 1 heterocycles. The van der Waals surface area contributed by atoms with Crippen LogP contribution in [0.1, 0.15) is 34.1 Å². The Kier molecular flexibility index (Phi) is 8.77. The van der Waals surface area contributed by atoms with Gasteiger partial charge in [0.1, 0.15) is 11.5 Å². The van der Waals surface area contributed by atoms with Crippen molar-refractivity contribution in [3.63, 3.8) is 0 Å². The fraction of sp³-hybridized carbons (Fsp3) is 0.400. The van der Waals surface area contributed by atoms with Gasteiger partial charge in [-0.15, -0.1) is 0 Å². The smallest absolute Gasteiger partial charge is 0.262 e. The van der Waals surface area contributed by atoms with Crippen molar-refractivity contribution in [3.8, 4) is 11.5 Å². The summed E-state index contributed by atoms with van der Waals surface area (Å²) in [6.45, 7) is 9.59. The van der Waals surface area contributed by atoms with E-state index in [9.17, 15) is 9.59 Å². The maximum Gasteiger partial charge on any atom is 0.262 e. The molecule has 0 saturated heterocycles. The number of amides is 1. The molecule has 1 N–H and O–H groups in total. The molecule has 0 aliphatic carbocycles. The van der Waals surface area contributed by atoms with E-state index in [-0.39, 0.29) is 17.2 Å².